The minimum absolute atomic E-state index is 0.0239. The molecule has 0 N–H and O–H groups in total. The normalized spacial score (nSPS) is 23.2. The van der Waals surface area contributed by atoms with Gasteiger partial charge in [0.05, 0.1) is 5.69 Å². The van der Waals surface area contributed by atoms with Gasteiger partial charge < -0.3 is 4.90 Å². The Bertz CT molecular complexity index is 641. The zero-order valence-electron chi connectivity index (χ0n) is 12.7. The highest BCUT2D eigenvalue weighted by molar-refractivity contribution is 5.94. The summed E-state index contributed by atoms with van der Waals surface area (Å²) in [4.78, 5) is 27.1. The molecule has 0 radical (unpaired) electrons. The Labute approximate surface area is 124 Å². The van der Waals surface area contributed by atoms with Crippen molar-refractivity contribution in [3.8, 4) is 0 Å². The van der Waals surface area contributed by atoms with Gasteiger partial charge in [0.2, 0.25) is 0 Å². The van der Waals surface area contributed by atoms with Gasteiger partial charge >= 0.3 is 5.69 Å². The fraction of sp³-hybridized carbons (Fsp3) is 0.750. The van der Waals surface area contributed by atoms with Gasteiger partial charge in [0.15, 0.2) is 0 Å². The molecule has 0 bridgehead atoms. The molecule has 0 unspecified atom stereocenters. The third kappa shape index (κ3) is 1.82. The van der Waals surface area contributed by atoms with Crippen LogP contribution in [0.25, 0.3) is 0 Å². The van der Waals surface area contributed by atoms with E-state index in [1.165, 1.54) is 25.7 Å². The molecular formula is C16H23N3O2. The molecule has 1 saturated carbocycles. The first-order valence-electron chi connectivity index (χ1n) is 8.19. The average molecular weight is 289 g/mol. The fourth-order valence-electron chi connectivity index (χ4n) is 4.52. The molecule has 1 amide bonds. The maximum absolute atomic E-state index is 12.8. The van der Waals surface area contributed by atoms with E-state index in [4.69, 9.17) is 0 Å². The minimum Gasteiger partial charge on any atom is -0.336 e. The summed E-state index contributed by atoms with van der Waals surface area (Å²) < 4.78 is 3.38. The van der Waals surface area contributed by atoms with Crippen LogP contribution < -0.4 is 5.69 Å². The second-order valence-corrected chi connectivity index (χ2v) is 7.11. The van der Waals surface area contributed by atoms with E-state index < -0.39 is 0 Å². The molecule has 3 aliphatic rings. The van der Waals surface area contributed by atoms with E-state index in [-0.39, 0.29) is 11.6 Å². The largest absolute Gasteiger partial charge is 0.336 e. The summed E-state index contributed by atoms with van der Waals surface area (Å²) >= 11 is 0. The highest BCUT2D eigenvalue weighted by Gasteiger charge is 2.47. The number of hydrogen-bond acceptors (Lipinski definition) is 2. The lowest BCUT2D eigenvalue weighted by Gasteiger charge is -2.48. The average Bonchev–Trinajstić information content (AvgIpc) is 3.03. The summed E-state index contributed by atoms with van der Waals surface area (Å²) in [5.74, 6) is 0.0720. The predicted octanol–water partition coefficient (Wildman–Crippen LogP) is 1.54. The van der Waals surface area contributed by atoms with Crippen LogP contribution in [0.3, 0.4) is 0 Å². The van der Waals surface area contributed by atoms with Gasteiger partial charge in [-0.15, -0.1) is 0 Å². The van der Waals surface area contributed by atoms with Crippen molar-refractivity contribution in [1.29, 1.82) is 0 Å². The molecule has 114 valence electrons. The van der Waals surface area contributed by atoms with Gasteiger partial charge in [-0.25, -0.2) is 4.79 Å². The molecule has 5 heteroatoms. The highest BCUT2D eigenvalue weighted by atomic mass is 16.2. The quantitative estimate of drug-likeness (QED) is 0.787. The number of fused-ring (bicyclic) bond motifs is 1. The highest BCUT2D eigenvalue weighted by Crippen LogP contribution is 2.45. The SMILES string of the molecule is Cn1c(C(=O)N2CC3(CCCC3)C2)c2n(c1=O)CCCC2. The summed E-state index contributed by atoms with van der Waals surface area (Å²) in [5.41, 5.74) is 2.00. The van der Waals surface area contributed by atoms with Crippen LogP contribution in [0, 0.1) is 5.41 Å². The van der Waals surface area contributed by atoms with Crippen molar-refractivity contribution in [3.05, 3.63) is 21.9 Å². The lowest BCUT2D eigenvalue weighted by atomic mass is 9.78. The Morgan fingerprint density at radius 1 is 1.10 bits per heavy atom. The standard InChI is InChI=1S/C16H23N3O2/c1-17-13(12-6-2-5-9-19(12)15(17)21)14(20)18-10-16(11-18)7-3-4-8-16/h2-11H2,1H3. The van der Waals surface area contributed by atoms with Crippen LogP contribution >= 0.6 is 0 Å². The van der Waals surface area contributed by atoms with Crippen molar-refractivity contribution < 1.29 is 4.79 Å². The summed E-state index contributed by atoms with van der Waals surface area (Å²) in [5, 5.41) is 0. The number of rotatable bonds is 1. The summed E-state index contributed by atoms with van der Waals surface area (Å²) in [6.45, 7) is 2.55. The fourth-order valence-corrected chi connectivity index (χ4v) is 4.52. The summed E-state index contributed by atoms with van der Waals surface area (Å²) in [6.07, 6.45) is 8.12. The third-order valence-electron chi connectivity index (χ3n) is 5.70. The van der Waals surface area contributed by atoms with Crippen LogP contribution in [0.15, 0.2) is 4.79 Å². The molecule has 1 aromatic heterocycles. The molecule has 1 spiro atoms. The number of hydrogen-bond donors (Lipinski definition) is 0. The summed E-state index contributed by atoms with van der Waals surface area (Å²) in [6, 6.07) is 0. The zero-order chi connectivity index (χ0) is 14.6. The van der Waals surface area contributed by atoms with E-state index in [1.807, 2.05) is 9.47 Å². The first-order chi connectivity index (χ1) is 10.1. The van der Waals surface area contributed by atoms with Crippen molar-refractivity contribution in [2.24, 2.45) is 12.5 Å². The van der Waals surface area contributed by atoms with Crippen molar-refractivity contribution in [2.75, 3.05) is 13.1 Å². The topological polar surface area (TPSA) is 47.2 Å². The second kappa shape index (κ2) is 4.49. The number of amides is 1. The third-order valence-corrected chi connectivity index (χ3v) is 5.70. The second-order valence-electron chi connectivity index (χ2n) is 7.11. The van der Waals surface area contributed by atoms with Gasteiger partial charge in [0.25, 0.3) is 5.91 Å². The Morgan fingerprint density at radius 3 is 2.52 bits per heavy atom. The molecular weight excluding hydrogens is 266 g/mol. The van der Waals surface area contributed by atoms with Gasteiger partial charge in [0, 0.05) is 32.1 Å². The first-order valence-corrected chi connectivity index (χ1v) is 8.19. The van der Waals surface area contributed by atoms with E-state index >= 15 is 0 Å². The first kappa shape index (κ1) is 13.2. The monoisotopic (exact) mass is 289 g/mol. The van der Waals surface area contributed by atoms with E-state index in [2.05, 4.69) is 0 Å². The van der Waals surface area contributed by atoms with E-state index in [0.29, 0.717) is 11.1 Å². The van der Waals surface area contributed by atoms with Crippen LogP contribution in [0.1, 0.15) is 54.7 Å². The molecule has 21 heavy (non-hydrogen) atoms. The Kier molecular flexibility index (Phi) is 2.81. The molecule has 2 fully saturated rings. The maximum Gasteiger partial charge on any atom is 0.328 e. The van der Waals surface area contributed by atoms with Crippen LogP contribution in [0.2, 0.25) is 0 Å². The number of nitrogens with zero attached hydrogens (tertiary/aromatic N) is 3. The molecule has 3 heterocycles. The molecule has 2 aliphatic heterocycles. The summed E-state index contributed by atoms with van der Waals surface area (Å²) in [7, 11) is 1.74. The number of imidazole rings is 1. The number of likely N-dealkylation sites (tertiary alicyclic amines) is 1. The molecule has 4 rings (SSSR count). The molecule has 5 nitrogen and oxygen atoms in total. The van der Waals surface area contributed by atoms with Crippen molar-refractivity contribution in [1.82, 2.24) is 14.0 Å². The predicted molar refractivity (Wildman–Crippen MR) is 79.4 cm³/mol. The Morgan fingerprint density at radius 2 is 1.81 bits per heavy atom. The van der Waals surface area contributed by atoms with Gasteiger partial charge in [-0.2, -0.15) is 0 Å². The Hall–Kier alpha value is -1.52. The zero-order valence-corrected chi connectivity index (χ0v) is 12.7. The van der Waals surface area contributed by atoms with Crippen LogP contribution in [-0.4, -0.2) is 33.0 Å². The van der Waals surface area contributed by atoms with Crippen molar-refractivity contribution in [2.45, 2.75) is 51.5 Å². The maximum atomic E-state index is 12.8. The molecule has 0 aromatic carbocycles. The van der Waals surface area contributed by atoms with Gasteiger partial charge in [0.1, 0.15) is 5.69 Å². The van der Waals surface area contributed by atoms with Crippen LogP contribution in [0.4, 0.5) is 0 Å². The van der Waals surface area contributed by atoms with E-state index in [0.717, 1.165) is 44.6 Å². The van der Waals surface area contributed by atoms with Gasteiger partial charge in [-0.05, 0) is 32.1 Å². The van der Waals surface area contributed by atoms with Gasteiger partial charge in [-0.3, -0.25) is 13.9 Å². The van der Waals surface area contributed by atoms with Crippen LogP contribution in [-0.2, 0) is 20.0 Å². The van der Waals surface area contributed by atoms with Crippen LogP contribution in [0.5, 0.6) is 0 Å². The lowest BCUT2D eigenvalue weighted by Crippen LogP contribution is -2.57. The Balaban J connectivity index is 1.62. The molecule has 1 saturated heterocycles. The van der Waals surface area contributed by atoms with Gasteiger partial charge in [-0.1, -0.05) is 12.8 Å². The van der Waals surface area contributed by atoms with E-state index in [1.54, 1.807) is 11.6 Å². The molecule has 1 aliphatic carbocycles. The van der Waals surface area contributed by atoms with E-state index in [9.17, 15) is 9.59 Å². The van der Waals surface area contributed by atoms with Crippen molar-refractivity contribution >= 4 is 5.91 Å². The van der Waals surface area contributed by atoms with Crippen molar-refractivity contribution in [3.63, 3.8) is 0 Å². The number of aromatic nitrogens is 2. The lowest BCUT2D eigenvalue weighted by molar-refractivity contribution is 0.00842. The minimum atomic E-state index is -0.0239. The number of carbonyl (C=O) groups excluding carboxylic acids is 1. The smallest absolute Gasteiger partial charge is 0.328 e. The number of carbonyl (C=O) groups is 1. The molecule has 0 atom stereocenters. The molecule has 1 aromatic rings.